The van der Waals surface area contributed by atoms with Crippen LogP contribution in [-0.2, 0) is 9.47 Å². The van der Waals surface area contributed by atoms with Crippen LogP contribution in [-0.4, -0.2) is 52.9 Å². The predicted molar refractivity (Wildman–Crippen MR) is 43.9 cm³/mol. The molecule has 0 spiro atoms. The SMILES string of the molecule is CO[C@H]1O[C@@H]2CS[C@H]2[C@H](O)[C@H]1O. The van der Waals surface area contributed by atoms with Gasteiger partial charge in [0.1, 0.15) is 6.10 Å². The number of aliphatic hydroxyl groups is 2. The van der Waals surface area contributed by atoms with Crippen molar-refractivity contribution in [1.82, 2.24) is 0 Å². The van der Waals surface area contributed by atoms with Crippen LogP contribution in [0.3, 0.4) is 0 Å². The van der Waals surface area contributed by atoms with Crippen molar-refractivity contribution in [3.63, 3.8) is 0 Å². The second-order valence-electron chi connectivity index (χ2n) is 3.06. The lowest BCUT2D eigenvalue weighted by Crippen LogP contribution is -2.61. The molecule has 0 saturated carbocycles. The summed E-state index contributed by atoms with van der Waals surface area (Å²) in [4.78, 5) is 0. The van der Waals surface area contributed by atoms with Gasteiger partial charge in [-0.1, -0.05) is 0 Å². The number of methoxy groups -OCH3 is 1. The summed E-state index contributed by atoms with van der Waals surface area (Å²) in [5.41, 5.74) is 0. The number of ether oxygens (including phenoxy) is 2. The van der Waals surface area contributed by atoms with Gasteiger partial charge in [0.2, 0.25) is 0 Å². The van der Waals surface area contributed by atoms with Gasteiger partial charge in [-0.25, -0.2) is 0 Å². The summed E-state index contributed by atoms with van der Waals surface area (Å²) >= 11 is 1.62. The molecule has 0 aromatic carbocycles. The molecule has 70 valence electrons. The lowest BCUT2D eigenvalue weighted by Gasteiger charge is -2.47. The number of hydrogen-bond donors (Lipinski definition) is 2. The highest BCUT2D eigenvalue weighted by molar-refractivity contribution is 8.01. The topological polar surface area (TPSA) is 58.9 Å². The van der Waals surface area contributed by atoms with Gasteiger partial charge in [0, 0.05) is 12.9 Å². The predicted octanol–water partition coefficient (Wildman–Crippen LogP) is -0.805. The largest absolute Gasteiger partial charge is 0.389 e. The van der Waals surface area contributed by atoms with E-state index in [0.717, 1.165) is 5.75 Å². The average Bonchev–Trinajstić information content (AvgIpc) is 2.01. The Morgan fingerprint density at radius 3 is 2.67 bits per heavy atom. The first-order valence-corrected chi connectivity index (χ1v) is 4.95. The van der Waals surface area contributed by atoms with Crippen molar-refractivity contribution in [2.45, 2.75) is 29.9 Å². The fraction of sp³-hybridized carbons (Fsp3) is 1.00. The van der Waals surface area contributed by atoms with Gasteiger partial charge in [-0.3, -0.25) is 0 Å². The molecule has 0 amide bonds. The lowest BCUT2D eigenvalue weighted by molar-refractivity contribution is -0.254. The van der Waals surface area contributed by atoms with Crippen LogP contribution in [0.2, 0.25) is 0 Å². The van der Waals surface area contributed by atoms with Crippen LogP contribution >= 0.6 is 11.8 Å². The van der Waals surface area contributed by atoms with Crippen LogP contribution in [0.4, 0.5) is 0 Å². The van der Waals surface area contributed by atoms with E-state index in [-0.39, 0.29) is 11.4 Å². The number of aliphatic hydroxyl groups excluding tert-OH is 2. The third kappa shape index (κ3) is 1.16. The highest BCUT2D eigenvalue weighted by Crippen LogP contribution is 2.39. The first-order chi connectivity index (χ1) is 5.74. The monoisotopic (exact) mass is 192 g/mol. The van der Waals surface area contributed by atoms with E-state index in [9.17, 15) is 10.2 Å². The number of fused-ring (bicyclic) bond motifs is 1. The van der Waals surface area contributed by atoms with Gasteiger partial charge in [-0.2, -0.15) is 11.8 Å². The van der Waals surface area contributed by atoms with Crippen molar-refractivity contribution in [3.8, 4) is 0 Å². The molecule has 2 N–H and O–H groups in total. The molecular weight excluding hydrogens is 180 g/mol. The molecule has 0 unspecified atom stereocenters. The minimum Gasteiger partial charge on any atom is -0.389 e. The Bertz CT molecular complexity index is 172. The summed E-state index contributed by atoms with van der Waals surface area (Å²) in [6.07, 6.45) is -2.24. The molecule has 0 aliphatic carbocycles. The van der Waals surface area contributed by atoms with Crippen LogP contribution in [0.25, 0.3) is 0 Å². The molecule has 5 heteroatoms. The zero-order chi connectivity index (χ0) is 8.72. The maximum atomic E-state index is 9.54. The molecule has 2 aliphatic heterocycles. The minimum absolute atomic E-state index is 0.0337. The van der Waals surface area contributed by atoms with Crippen molar-refractivity contribution in [2.24, 2.45) is 0 Å². The van der Waals surface area contributed by atoms with Crippen molar-refractivity contribution in [3.05, 3.63) is 0 Å². The smallest absolute Gasteiger partial charge is 0.186 e. The van der Waals surface area contributed by atoms with Gasteiger partial charge < -0.3 is 19.7 Å². The van der Waals surface area contributed by atoms with Gasteiger partial charge in [-0.05, 0) is 0 Å². The Hall–Kier alpha value is 0.190. The van der Waals surface area contributed by atoms with E-state index in [1.165, 1.54) is 7.11 Å². The quantitative estimate of drug-likeness (QED) is 0.569. The lowest BCUT2D eigenvalue weighted by atomic mass is 10.0. The molecule has 0 aromatic rings. The average molecular weight is 192 g/mol. The summed E-state index contributed by atoms with van der Waals surface area (Å²) in [6.45, 7) is 0. The van der Waals surface area contributed by atoms with E-state index >= 15 is 0 Å². The Balaban J connectivity index is 2.04. The normalized spacial score (nSPS) is 52.8. The summed E-state index contributed by atoms with van der Waals surface area (Å²) in [6, 6.07) is 0. The molecule has 2 aliphatic rings. The molecule has 12 heavy (non-hydrogen) atoms. The highest BCUT2D eigenvalue weighted by Gasteiger charge is 2.49. The maximum absolute atomic E-state index is 9.54. The third-order valence-electron chi connectivity index (χ3n) is 2.33. The van der Waals surface area contributed by atoms with Crippen molar-refractivity contribution >= 4 is 11.8 Å². The van der Waals surface area contributed by atoms with Gasteiger partial charge >= 0.3 is 0 Å². The van der Waals surface area contributed by atoms with Crippen LogP contribution in [0.5, 0.6) is 0 Å². The standard InChI is InChI=1S/C7H12O4S/c1-10-7-5(9)4(8)6-3(11-7)2-12-6/h3-9H,2H2,1H3/t3-,4-,5-,6-,7+/m1/s1. The van der Waals surface area contributed by atoms with E-state index < -0.39 is 18.5 Å². The summed E-state index contributed by atoms with van der Waals surface area (Å²) in [7, 11) is 1.47. The highest BCUT2D eigenvalue weighted by atomic mass is 32.2. The van der Waals surface area contributed by atoms with Crippen LogP contribution < -0.4 is 0 Å². The fourth-order valence-electron chi connectivity index (χ4n) is 1.52. The summed E-state index contributed by atoms with van der Waals surface area (Å²) in [5, 5.41) is 19.0. The second kappa shape index (κ2) is 3.16. The number of thioether (sulfide) groups is 1. The van der Waals surface area contributed by atoms with E-state index in [0.29, 0.717) is 0 Å². The van der Waals surface area contributed by atoms with Crippen LogP contribution in [0.1, 0.15) is 0 Å². The zero-order valence-corrected chi connectivity index (χ0v) is 7.53. The van der Waals surface area contributed by atoms with Gasteiger partial charge in [-0.15, -0.1) is 0 Å². The number of rotatable bonds is 1. The molecule has 2 saturated heterocycles. The molecule has 2 fully saturated rings. The van der Waals surface area contributed by atoms with E-state index in [2.05, 4.69) is 0 Å². The third-order valence-corrected chi connectivity index (χ3v) is 3.81. The molecule has 5 atom stereocenters. The Morgan fingerprint density at radius 1 is 1.42 bits per heavy atom. The van der Waals surface area contributed by atoms with Crippen LogP contribution in [0.15, 0.2) is 0 Å². The van der Waals surface area contributed by atoms with Gasteiger partial charge in [0.15, 0.2) is 6.29 Å². The zero-order valence-electron chi connectivity index (χ0n) is 6.71. The molecule has 0 bridgehead atoms. The Morgan fingerprint density at radius 2 is 2.17 bits per heavy atom. The first-order valence-electron chi connectivity index (χ1n) is 3.90. The summed E-state index contributed by atoms with van der Waals surface area (Å²) in [5.74, 6) is 0.883. The Kier molecular flexibility index (Phi) is 2.31. The van der Waals surface area contributed by atoms with Gasteiger partial charge in [0.25, 0.3) is 0 Å². The fourth-order valence-corrected chi connectivity index (χ4v) is 2.60. The first kappa shape index (κ1) is 8.77. The molecule has 2 rings (SSSR count). The van der Waals surface area contributed by atoms with Crippen molar-refractivity contribution in [2.75, 3.05) is 12.9 Å². The molecular formula is C7H12O4S. The van der Waals surface area contributed by atoms with Crippen LogP contribution in [0, 0.1) is 0 Å². The van der Waals surface area contributed by atoms with Crippen molar-refractivity contribution < 1.29 is 19.7 Å². The van der Waals surface area contributed by atoms with Gasteiger partial charge in [0.05, 0.1) is 17.5 Å². The summed E-state index contributed by atoms with van der Waals surface area (Å²) < 4.78 is 10.2. The molecule has 0 aromatic heterocycles. The minimum atomic E-state index is -0.913. The molecule has 2 heterocycles. The van der Waals surface area contributed by atoms with E-state index in [4.69, 9.17) is 9.47 Å². The number of hydrogen-bond acceptors (Lipinski definition) is 5. The van der Waals surface area contributed by atoms with E-state index in [1.54, 1.807) is 11.8 Å². The van der Waals surface area contributed by atoms with E-state index in [1.807, 2.05) is 0 Å². The second-order valence-corrected chi connectivity index (χ2v) is 4.27. The Labute approximate surface area is 74.9 Å². The van der Waals surface area contributed by atoms with Crippen molar-refractivity contribution in [1.29, 1.82) is 0 Å². The molecule has 4 nitrogen and oxygen atoms in total. The maximum Gasteiger partial charge on any atom is 0.186 e. The molecule has 0 radical (unpaired) electrons.